The Morgan fingerprint density at radius 2 is 1.96 bits per heavy atom. The molecule has 4 rings (SSSR count). The number of fused-ring (bicyclic) bond motifs is 1. The van der Waals surface area contributed by atoms with Crippen LogP contribution in [0.1, 0.15) is 34.5 Å². The number of aromatic nitrogens is 2. The molecule has 1 amide bonds. The number of nitrogens with zero attached hydrogens (tertiary/aromatic N) is 3. The number of nitrogens with one attached hydrogen (secondary N) is 1. The van der Waals surface area contributed by atoms with Gasteiger partial charge in [-0.1, -0.05) is 0 Å². The fraction of sp³-hybridized carbons (Fsp3) is 0.450. The summed E-state index contributed by atoms with van der Waals surface area (Å²) in [5, 5.41) is 2.72. The van der Waals surface area contributed by atoms with Gasteiger partial charge in [0.15, 0.2) is 0 Å². The zero-order valence-electron chi connectivity index (χ0n) is 15.5. The van der Waals surface area contributed by atoms with E-state index in [0.717, 1.165) is 17.5 Å². The summed E-state index contributed by atoms with van der Waals surface area (Å²) >= 11 is 0. The molecule has 0 bridgehead atoms. The fourth-order valence-corrected chi connectivity index (χ4v) is 3.66. The van der Waals surface area contributed by atoms with Gasteiger partial charge in [-0.3, -0.25) is 9.78 Å². The molecule has 8 heteroatoms. The Kier molecular flexibility index (Phi) is 5.47. The first-order chi connectivity index (χ1) is 13.6. The summed E-state index contributed by atoms with van der Waals surface area (Å²) < 4.78 is 32.5. The standard InChI is InChI=1S/C20H22F2N4O2/c21-13-1-5-26(6-2-13)19-10-17(16-3-7-28-8-4-18(16)25-19)20(27)24-15-9-14(22)11-23-12-15/h9-13H,1-8H2,(H,24,27). The molecule has 0 spiro atoms. The summed E-state index contributed by atoms with van der Waals surface area (Å²) in [6.07, 6.45) is 3.81. The molecule has 148 valence electrons. The number of rotatable bonds is 3. The summed E-state index contributed by atoms with van der Waals surface area (Å²) in [5.74, 6) is -0.181. The molecule has 2 aromatic rings. The van der Waals surface area contributed by atoms with Crippen LogP contribution in [0, 0.1) is 5.82 Å². The maximum atomic E-state index is 13.5. The number of amides is 1. The van der Waals surface area contributed by atoms with Crippen molar-refractivity contribution in [3.05, 3.63) is 47.2 Å². The van der Waals surface area contributed by atoms with Crippen LogP contribution >= 0.6 is 0 Å². The predicted octanol–water partition coefficient (Wildman–Crippen LogP) is 2.92. The number of halogens is 2. The maximum Gasteiger partial charge on any atom is 0.256 e. The summed E-state index contributed by atoms with van der Waals surface area (Å²) in [7, 11) is 0. The van der Waals surface area contributed by atoms with Gasteiger partial charge in [-0.15, -0.1) is 0 Å². The summed E-state index contributed by atoms with van der Waals surface area (Å²) in [4.78, 5) is 23.5. The van der Waals surface area contributed by atoms with E-state index in [0.29, 0.717) is 69.1 Å². The summed E-state index contributed by atoms with van der Waals surface area (Å²) in [6.45, 7) is 2.20. The third kappa shape index (κ3) is 4.11. The van der Waals surface area contributed by atoms with Gasteiger partial charge in [-0.05, 0) is 30.9 Å². The van der Waals surface area contributed by atoms with Gasteiger partial charge in [0.05, 0.1) is 31.3 Å². The average Bonchev–Trinajstić information content (AvgIpc) is 2.93. The minimum absolute atomic E-state index is 0.292. The van der Waals surface area contributed by atoms with Crippen LogP contribution in [0.15, 0.2) is 24.5 Å². The van der Waals surface area contributed by atoms with E-state index in [1.807, 2.05) is 4.90 Å². The molecule has 0 saturated carbocycles. The Bertz CT molecular complexity index is 869. The molecule has 1 N–H and O–H groups in total. The van der Waals surface area contributed by atoms with Gasteiger partial charge in [0.25, 0.3) is 5.91 Å². The van der Waals surface area contributed by atoms with E-state index in [1.165, 1.54) is 12.3 Å². The molecule has 4 heterocycles. The van der Waals surface area contributed by atoms with Crippen LogP contribution in [0.4, 0.5) is 20.3 Å². The topological polar surface area (TPSA) is 67.4 Å². The van der Waals surface area contributed by atoms with Crippen LogP contribution in [0.2, 0.25) is 0 Å². The predicted molar refractivity (Wildman–Crippen MR) is 101 cm³/mol. The van der Waals surface area contributed by atoms with E-state index >= 15 is 0 Å². The average molecular weight is 388 g/mol. The van der Waals surface area contributed by atoms with Crippen molar-refractivity contribution in [3.63, 3.8) is 0 Å². The smallest absolute Gasteiger partial charge is 0.256 e. The number of carbonyl (C=O) groups excluding carboxylic acids is 1. The minimum atomic E-state index is -0.784. The minimum Gasteiger partial charge on any atom is -0.381 e. The quantitative estimate of drug-likeness (QED) is 0.876. The van der Waals surface area contributed by atoms with Gasteiger partial charge in [0.1, 0.15) is 17.8 Å². The highest BCUT2D eigenvalue weighted by Gasteiger charge is 2.25. The third-order valence-electron chi connectivity index (χ3n) is 5.13. The lowest BCUT2D eigenvalue weighted by Crippen LogP contribution is -2.35. The van der Waals surface area contributed by atoms with Crippen molar-refractivity contribution in [1.29, 1.82) is 0 Å². The molecule has 0 aliphatic carbocycles. The molecule has 6 nitrogen and oxygen atoms in total. The van der Waals surface area contributed by atoms with Gasteiger partial charge < -0.3 is 15.0 Å². The highest BCUT2D eigenvalue weighted by molar-refractivity contribution is 6.05. The van der Waals surface area contributed by atoms with E-state index in [1.54, 1.807) is 6.07 Å². The fourth-order valence-electron chi connectivity index (χ4n) is 3.66. The Morgan fingerprint density at radius 3 is 2.75 bits per heavy atom. The molecule has 2 aliphatic heterocycles. The molecule has 2 aliphatic rings. The highest BCUT2D eigenvalue weighted by atomic mass is 19.1. The van der Waals surface area contributed by atoms with Crippen LogP contribution in [-0.4, -0.2) is 48.4 Å². The van der Waals surface area contributed by atoms with Gasteiger partial charge in [-0.25, -0.2) is 13.8 Å². The van der Waals surface area contributed by atoms with E-state index in [-0.39, 0.29) is 5.91 Å². The zero-order chi connectivity index (χ0) is 19.5. The van der Waals surface area contributed by atoms with E-state index in [4.69, 9.17) is 9.72 Å². The Morgan fingerprint density at radius 1 is 1.18 bits per heavy atom. The van der Waals surface area contributed by atoms with Crippen molar-refractivity contribution in [2.24, 2.45) is 0 Å². The SMILES string of the molecule is O=C(Nc1cncc(F)c1)c1cc(N2CCC(F)CC2)nc2c1CCOCC2. The Hall–Kier alpha value is -2.61. The van der Waals surface area contributed by atoms with Gasteiger partial charge in [-0.2, -0.15) is 0 Å². The molecular formula is C20H22F2N4O2. The first-order valence-corrected chi connectivity index (χ1v) is 9.51. The highest BCUT2D eigenvalue weighted by Crippen LogP contribution is 2.27. The van der Waals surface area contributed by atoms with Crippen LogP contribution in [0.3, 0.4) is 0 Å². The molecule has 0 unspecified atom stereocenters. The number of piperidine rings is 1. The van der Waals surface area contributed by atoms with Crippen molar-refractivity contribution < 1.29 is 18.3 Å². The number of anilines is 2. The van der Waals surface area contributed by atoms with Crippen LogP contribution in [0.5, 0.6) is 0 Å². The van der Waals surface area contributed by atoms with Crippen molar-refractivity contribution in [3.8, 4) is 0 Å². The van der Waals surface area contributed by atoms with E-state index in [2.05, 4.69) is 10.3 Å². The van der Waals surface area contributed by atoms with Gasteiger partial charge in [0, 0.05) is 36.8 Å². The van der Waals surface area contributed by atoms with Gasteiger partial charge >= 0.3 is 0 Å². The lowest BCUT2D eigenvalue weighted by atomic mass is 10.0. The van der Waals surface area contributed by atoms with Crippen molar-refractivity contribution >= 4 is 17.4 Å². The second kappa shape index (κ2) is 8.18. The third-order valence-corrected chi connectivity index (χ3v) is 5.13. The molecule has 0 radical (unpaired) electrons. The van der Waals surface area contributed by atoms with Crippen molar-refractivity contribution in [2.75, 3.05) is 36.5 Å². The number of hydrogen-bond acceptors (Lipinski definition) is 5. The second-order valence-corrected chi connectivity index (χ2v) is 7.07. The molecule has 28 heavy (non-hydrogen) atoms. The number of ether oxygens (including phenoxy) is 1. The van der Waals surface area contributed by atoms with Crippen molar-refractivity contribution in [2.45, 2.75) is 31.9 Å². The lowest BCUT2D eigenvalue weighted by Gasteiger charge is -2.30. The lowest BCUT2D eigenvalue weighted by molar-refractivity contribution is 0.102. The number of alkyl halides is 1. The maximum absolute atomic E-state index is 13.5. The Balaban J connectivity index is 1.67. The van der Waals surface area contributed by atoms with E-state index in [9.17, 15) is 13.6 Å². The normalized spacial score (nSPS) is 17.7. The summed E-state index contributed by atoms with van der Waals surface area (Å²) in [5.41, 5.74) is 2.47. The molecule has 1 fully saturated rings. The monoisotopic (exact) mass is 388 g/mol. The van der Waals surface area contributed by atoms with E-state index < -0.39 is 12.0 Å². The molecular weight excluding hydrogens is 366 g/mol. The molecule has 0 atom stereocenters. The van der Waals surface area contributed by atoms with Crippen LogP contribution in [0.25, 0.3) is 0 Å². The summed E-state index contributed by atoms with van der Waals surface area (Å²) in [6, 6.07) is 2.98. The Labute approximate surface area is 161 Å². The zero-order valence-corrected chi connectivity index (χ0v) is 15.5. The first-order valence-electron chi connectivity index (χ1n) is 9.51. The number of carbonyl (C=O) groups is 1. The second-order valence-electron chi connectivity index (χ2n) is 7.07. The van der Waals surface area contributed by atoms with Crippen LogP contribution in [-0.2, 0) is 17.6 Å². The number of hydrogen-bond donors (Lipinski definition) is 1. The number of pyridine rings is 2. The molecule has 1 saturated heterocycles. The molecule has 0 aromatic carbocycles. The first kappa shape index (κ1) is 18.7. The molecule has 2 aromatic heterocycles. The largest absolute Gasteiger partial charge is 0.381 e. The van der Waals surface area contributed by atoms with Crippen molar-refractivity contribution in [1.82, 2.24) is 9.97 Å². The van der Waals surface area contributed by atoms with Crippen LogP contribution < -0.4 is 10.2 Å². The van der Waals surface area contributed by atoms with Gasteiger partial charge in [0.2, 0.25) is 0 Å².